The van der Waals surface area contributed by atoms with Crippen molar-refractivity contribution in [2.45, 2.75) is 25.4 Å². The van der Waals surface area contributed by atoms with Crippen LogP contribution in [0.5, 0.6) is 17.2 Å². The lowest BCUT2D eigenvalue weighted by Crippen LogP contribution is -2.40. The number of rotatable bonds is 6. The second-order valence-corrected chi connectivity index (χ2v) is 9.23. The van der Waals surface area contributed by atoms with Crippen LogP contribution in [-0.4, -0.2) is 30.8 Å². The second-order valence-electron chi connectivity index (χ2n) is 9.23. The quantitative estimate of drug-likeness (QED) is 0.347. The maximum Gasteiger partial charge on any atom is 0.255 e. The summed E-state index contributed by atoms with van der Waals surface area (Å²) in [4.78, 5) is 16.3. The van der Waals surface area contributed by atoms with Gasteiger partial charge in [-0.15, -0.1) is 0 Å². The van der Waals surface area contributed by atoms with Gasteiger partial charge in [0.2, 0.25) is 6.79 Å². The Morgan fingerprint density at radius 1 is 0.861 bits per heavy atom. The molecule has 2 aliphatic rings. The van der Waals surface area contributed by atoms with Gasteiger partial charge >= 0.3 is 0 Å². The predicted octanol–water partition coefficient (Wildman–Crippen LogP) is 5.90. The summed E-state index contributed by atoms with van der Waals surface area (Å²) < 4.78 is 16.5. The summed E-state index contributed by atoms with van der Waals surface area (Å²) in [6.45, 7) is 0.716. The number of carbonyl (C=O) groups excluding carboxylic acids is 1. The molecule has 1 heterocycles. The summed E-state index contributed by atoms with van der Waals surface area (Å²) in [5, 5.41) is 0. The summed E-state index contributed by atoms with van der Waals surface area (Å²) in [7, 11) is 1.65. The number of methoxy groups -OCH3 is 1. The molecule has 0 saturated carbocycles. The van der Waals surface area contributed by atoms with Crippen molar-refractivity contribution in [3.05, 3.63) is 113 Å². The molecule has 0 aromatic heterocycles. The normalized spacial score (nSPS) is 13.9. The molecule has 0 spiro atoms. The van der Waals surface area contributed by atoms with Crippen LogP contribution in [0.4, 0.5) is 0 Å². The summed E-state index contributed by atoms with van der Waals surface area (Å²) in [5.41, 5.74) is 6.17. The Kier molecular flexibility index (Phi) is 5.82. The molecule has 5 heteroatoms. The van der Waals surface area contributed by atoms with E-state index in [1.54, 1.807) is 7.11 Å². The van der Waals surface area contributed by atoms with Crippen LogP contribution in [-0.2, 0) is 19.4 Å². The molecule has 6 rings (SSSR count). The fourth-order valence-electron chi connectivity index (χ4n) is 5.23. The molecular formula is C31H27NO4. The molecule has 4 aromatic carbocycles. The first-order chi connectivity index (χ1) is 17.7. The minimum Gasteiger partial charge on any atom is -0.497 e. The number of hydrogen-bond donors (Lipinski definition) is 0. The molecule has 0 fully saturated rings. The molecular weight excluding hydrogens is 450 g/mol. The summed E-state index contributed by atoms with van der Waals surface area (Å²) in [5.74, 6) is 2.25. The molecule has 36 heavy (non-hydrogen) atoms. The Balaban J connectivity index is 1.38. The van der Waals surface area contributed by atoms with Gasteiger partial charge in [0.15, 0.2) is 11.5 Å². The topological polar surface area (TPSA) is 48.0 Å². The van der Waals surface area contributed by atoms with E-state index in [9.17, 15) is 4.79 Å². The van der Waals surface area contributed by atoms with Crippen LogP contribution >= 0.6 is 0 Å². The van der Waals surface area contributed by atoms with Crippen LogP contribution in [0.15, 0.2) is 91.0 Å². The van der Waals surface area contributed by atoms with Crippen LogP contribution in [0.1, 0.15) is 27.0 Å². The van der Waals surface area contributed by atoms with E-state index in [0.29, 0.717) is 12.1 Å². The van der Waals surface area contributed by atoms with Crippen molar-refractivity contribution in [1.29, 1.82) is 0 Å². The minimum absolute atomic E-state index is 0.0175. The minimum atomic E-state index is 0.0175. The average molecular weight is 478 g/mol. The van der Waals surface area contributed by atoms with Gasteiger partial charge < -0.3 is 19.1 Å². The largest absolute Gasteiger partial charge is 0.497 e. The van der Waals surface area contributed by atoms with Gasteiger partial charge in [-0.25, -0.2) is 0 Å². The molecule has 4 aromatic rings. The molecule has 1 amide bonds. The molecule has 1 aliphatic carbocycles. The van der Waals surface area contributed by atoms with E-state index in [2.05, 4.69) is 24.3 Å². The second kappa shape index (κ2) is 9.42. The molecule has 0 unspecified atom stereocenters. The molecule has 0 saturated heterocycles. The van der Waals surface area contributed by atoms with Gasteiger partial charge in [-0.05, 0) is 71.0 Å². The van der Waals surface area contributed by atoms with Gasteiger partial charge in [-0.2, -0.15) is 0 Å². The molecule has 0 N–H and O–H groups in total. The van der Waals surface area contributed by atoms with E-state index in [1.165, 1.54) is 11.1 Å². The van der Waals surface area contributed by atoms with Gasteiger partial charge in [0.05, 0.1) is 7.11 Å². The zero-order valence-electron chi connectivity index (χ0n) is 20.1. The molecule has 180 valence electrons. The fraction of sp³-hybridized carbons (Fsp3) is 0.194. The van der Waals surface area contributed by atoms with E-state index in [0.717, 1.165) is 46.8 Å². The zero-order chi connectivity index (χ0) is 24.5. The smallest absolute Gasteiger partial charge is 0.255 e. The zero-order valence-corrected chi connectivity index (χ0v) is 20.1. The van der Waals surface area contributed by atoms with Gasteiger partial charge in [-0.1, -0.05) is 60.7 Å². The van der Waals surface area contributed by atoms with Crippen LogP contribution in [0.25, 0.3) is 11.1 Å². The highest BCUT2D eigenvalue weighted by molar-refractivity contribution is 6.01. The third-order valence-electron chi connectivity index (χ3n) is 7.06. The van der Waals surface area contributed by atoms with Crippen molar-refractivity contribution in [3.8, 4) is 28.4 Å². The number of fused-ring (bicyclic) bond motifs is 2. The van der Waals surface area contributed by atoms with Crippen LogP contribution in [0.2, 0.25) is 0 Å². The summed E-state index contributed by atoms with van der Waals surface area (Å²) >= 11 is 0. The highest BCUT2D eigenvalue weighted by Gasteiger charge is 2.32. The maximum atomic E-state index is 14.3. The molecule has 1 aliphatic heterocycles. The first-order valence-electron chi connectivity index (χ1n) is 12.2. The van der Waals surface area contributed by atoms with Gasteiger partial charge in [-0.3, -0.25) is 4.79 Å². The van der Waals surface area contributed by atoms with E-state index in [1.807, 2.05) is 71.6 Å². The number of carbonyl (C=O) groups is 1. The van der Waals surface area contributed by atoms with Crippen molar-refractivity contribution in [1.82, 2.24) is 4.90 Å². The summed E-state index contributed by atoms with van der Waals surface area (Å²) in [6, 6.07) is 30.2. The third-order valence-corrected chi connectivity index (χ3v) is 7.06. The standard InChI is InChI=1S/C31H27NO4/c1-34-26-10-6-9-24(18-26)27-11-4-5-12-28(27)31(33)32(25-16-22-7-2-3-8-23(22)17-25)19-21-13-14-29-30(15-21)36-20-35-29/h2-15,18,25H,16-17,19-20H2,1H3. The monoisotopic (exact) mass is 477 g/mol. The SMILES string of the molecule is COc1cccc(-c2ccccc2C(=O)N(Cc2ccc3c(c2)OCO3)C2Cc3ccccc3C2)c1. The lowest BCUT2D eigenvalue weighted by Gasteiger charge is -2.30. The molecule has 0 atom stereocenters. The Morgan fingerprint density at radius 3 is 2.42 bits per heavy atom. The fourth-order valence-corrected chi connectivity index (χ4v) is 5.23. The number of amides is 1. The van der Waals surface area contributed by atoms with Crippen LogP contribution < -0.4 is 14.2 Å². The Morgan fingerprint density at radius 2 is 1.61 bits per heavy atom. The van der Waals surface area contributed by atoms with E-state index >= 15 is 0 Å². The van der Waals surface area contributed by atoms with E-state index in [-0.39, 0.29) is 18.7 Å². The van der Waals surface area contributed by atoms with Gasteiger partial charge in [0, 0.05) is 18.2 Å². The van der Waals surface area contributed by atoms with Gasteiger partial charge in [0.25, 0.3) is 5.91 Å². The molecule has 0 radical (unpaired) electrons. The van der Waals surface area contributed by atoms with Crippen molar-refractivity contribution >= 4 is 5.91 Å². The van der Waals surface area contributed by atoms with Crippen LogP contribution in [0.3, 0.4) is 0 Å². The lowest BCUT2D eigenvalue weighted by molar-refractivity contribution is 0.0668. The summed E-state index contributed by atoms with van der Waals surface area (Å²) in [6.07, 6.45) is 1.68. The van der Waals surface area contributed by atoms with Gasteiger partial charge in [0.1, 0.15) is 5.75 Å². The average Bonchev–Trinajstić information content (AvgIpc) is 3.58. The van der Waals surface area contributed by atoms with Crippen LogP contribution in [0, 0.1) is 0 Å². The number of ether oxygens (including phenoxy) is 3. The lowest BCUT2D eigenvalue weighted by atomic mass is 9.97. The van der Waals surface area contributed by atoms with Crippen molar-refractivity contribution < 1.29 is 19.0 Å². The Hall–Kier alpha value is -4.25. The first-order valence-corrected chi connectivity index (χ1v) is 12.2. The number of hydrogen-bond acceptors (Lipinski definition) is 4. The molecule has 5 nitrogen and oxygen atoms in total. The Labute approximate surface area is 210 Å². The first kappa shape index (κ1) is 22.2. The number of nitrogens with zero attached hydrogens (tertiary/aromatic N) is 1. The third kappa shape index (κ3) is 4.17. The number of benzene rings is 4. The predicted molar refractivity (Wildman–Crippen MR) is 139 cm³/mol. The van der Waals surface area contributed by atoms with E-state index < -0.39 is 0 Å². The highest BCUT2D eigenvalue weighted by atomic mass is 16.7. The van der Waals surface area contributed by atoms with Crippen molar-refractivity contribution in [2.75, 3.05) is 13.9 Å². The Bertz CT molecular complexity index is 1400. The van der Waals surface area contributed by atoms with Crippen molar-refractivity contribution in [3.63, 3.8) is 0 Å². The van der Waals surface area contributed by atoms with E-state index in [4.69, 9.17) is 14.2 Å². The molecule has 0 bridgehead atoms. The maximum absolute atomic E-state index is 14.3. The van der Waals surface area contributed by atoms with Crippen molar-refractivity contribution in [2.24, 2.45) is 0 Å². The highest BCUT2D eigenvalue weighted by Crippen LogP contribution is 2.35.